The summed E-state index contributed by atoms with van der Waals surface area (Å²) < 4.78 is 0. The number of benzene rings is 1. The Labute approximate surface area is 120 Å². The topological polar surface area (TPSA) is 46.3 Å². The van der Waals surface area contributed by atoms with E-state index in [2.05, 4.69) is 0 Å². The molecule has 2 N–H and O–H groups in total. The molecule has 0 radical (unpaired) electrons. The van der Waals surface area contributed by atoms with Gasteiger partial charge in [-0.1, -0.05) is 23.7 Å². The molecule has 0 aliphatic heterocycles. The van der Waals surface area contributed by atoms with Gasteiger partial charge in [0.05, 0.1) is 6.04 Å². The number of nitrogens with two attached hydrogens (primary N) is 1. The number of hydrogen-bond donors (Lipinski definition) is 1. The zero-order valence-corrected chi connectivity index (χ0v) is 12.9. The molecule has 0 aliphatic rings. The Balaban J connectivity index is 2.63. The third-order valence-electron chi connectivity index (χ3n) is 3.31. The van der Waals surface area contributed by atoms with Crippen molar-refractivity contribution < 1.29 is 4.79 Å². The van der Waals surface area contributed by atoms with Gasteiger partial charge in [0, 0.05) is 24.0 Å². The van der Waals surface area contributed by atoms with E-state index in [1.807, 2.05) is 52.1 Å². The molecule has 0 bridgehead atoms. The molecule has 0 aliphatic carbocycles. The molecule has 3 nitrogen and oxygen atoms in total. The third-order valence-corrected chi connectivity index (χ3v) is 3.56. The smallest absolute Gasteiger partial charge is 0.222 e. The molecule has 1 aromatic rings. The quantitative estimate of drug-likeness (QED) is 0.900. The van der Waals surface area contributed by atoms with E-state index in [0.29, 0.717) is 17.9 Å². The van der Waals surface area contributed by atoms with Crippen LogP contribution in [0.3, 0.4) is 0 Å². The van der Waals surface area contributed by atoms with E-state index >= 15 is 0 Å². The standard InChI is InChI=1S/C15H23ClN2O/c1-11(12-5-7-13(16)8-6-12)18(4)14(19)9-10-15(2,3)17/h5-8,11H,9-10,17H2,1-4H3. The van der Waals surface area contributed by atoms with Gasteiger partial charge in [0.2, 0.25) is 5.91 Å². The molecule has 0 saturated heterocycles. The highest BCUT2D eigenvalue weighted by Crippen LogP contribution is 2.22. The lowest BCUT2D eigenvalue weighted by molar-refractivity contribution is -0.132. The number of amides is 1. The molecule has 1 amide bonds. The molecule has 19 heavy (non-hydrogen) atoms. The van der Waals surface area contributed by atoms with Gasteiger partial charge in [0.15, 0.2) is 0 Å². The second-order valence-electron chi connectivity index (χ2n) is 5.72. The maximum atomic E-state index is 12.1. The average molecular weight is 283 g/mol. The average Bonchev–Trinajstić information content (AvgIpc) is 2.34. The molecule has 1 aromatic carbocycles. The van der Waals surface area contributed by atoms with Crippen LogP contribution in [0.5, 0.6) is 0 Å². The summed E-state index contributed by atoms with van der Waals surface area (Å²) in [6.07, 6.45) is 1.15. The molecule has 1 unspecified atom stereocenters. The van der Waals surface area contributed by atoms with Crippen molar-refractivity contribution in [1.29, 1.82) is 0 Å². The molecular formula is C15H23ClN2O. The Hall–Kier alpha value is -1.06. The van der Waals surface area contributed by atoms with E-state index in [1.165, 1.54) is 0 Å². The van der Waals surface area contributed by atoms with Crippen LogP contribution in [0.25, 0.3) is 0 Å². The molecule has 0 aromatic heterocycles. The summed E-state index contributed by atoms with van der Waals surface area (Å²) in [5, 5.41) is 0.704. The van der Waals surface area contributed by atoms with E-state index in [4.69, 9.17) is 17.3 Å². The van der Waals surface area contributed by atoms with Crippen LogP contribution < -0.4 is 5.73 Å². The van der Waals surface area contributed by atoms with Crippen LogP contribution in [0, 0.1) is 0 Å². The summed E-state index contributed by atoms with van der Waals surface area (Å²) in [5.74, 6) is 0.112. The lowest BCUT2D eigenvalue weighted by Crippen LogP contribution is -2.35. The van der Waals surface area contributed by atoms with Crippen LogP contribution >= 0.6 is 11.6 Å². The van der Waals surface area contributed by atoms with E-state index in [9.17, 15) is 4.79 Å². The number of nitrogens with zero attached hydrogens (tertiary/aromatic N) is 1. The predicted molar refractivity (Wildman–Crippen MR) is 80.1 cm³/mol. The van der Waals surface area contributed by atoms with Crippen LogP contribution in [0.15, 0.2) is 24.3 Å². The normalized spacial score (nSPS) is 13.2. The van der Waals surface area contributed by atoms with Crippen LogP contribution in [0.4, 0.5) is 0 Å². The van der Waals surface area contributed by atoms with Gasteiger partial charge in [0.1, 0.15) is 0 Å². The molecule has 0 heterocycles. The Morgan fingerprint density at radius 2 is 1.89 bits per heavy atom. The minimum atomic E-state index is -0.306. The number of hydrogen-bond acceptors (Lipinski definition) is 2. The van der Waals surface area contributed by atoms with E-state index in [1.54, 1.807) is 4.90 Å². The third kappa shape index (κ3) is 5.21. The summed E-state index contributed by atoms with van der Waals surface area (Å²) in [4.78, 5) is 13.9. The first-order valence-corrected chi connectivity index (χ1v) is 6.88. The first kappa shape index (κ1) is 16.0. The van der Waals surface area contributed by atoms with Gasteiger partial charge in [-0.05, 0) is 44.9 Å². The maximum Gasteiger partial charge on any atom is 0.222 e. The molecule has 4 heteroatoms. The molecule has 1 rings (SSSR count). The van der Waals surface area contributed by atoms with Crippen LogP contribution in [-0.4, -0.2) is 23.4 Å². The highest BCUT2D eigenvalue weighted by molar-refractivity contribution is 6.30. The van der Waals surface area contributed by atoms with Gasteiger partial charge >= 0.3 is 0 Å². The number of rotatable bonds is 5. The summed E-state index contributed by atoms with van der Waals surface area (Å²) in [7, 11) is 1.82. The summed E-state index contributed by atoms with van der Waals surface area (Å²) in [6, 6.07) is 7.61. The fraction of sp³-hybridized carbons (Fsp3) is 0.533. The number of halogens is 1. The van der Waals surface area contributed by atoms with Crippen molar-refractivity contribution in [2.75, 3.05) is 7.05 Å². The lowest BCUT2D eigenvalue weighted by atomic mass is 9.99. The summed E-state index contributed by atoms with van der Waals surface area (Å²) in [5.41, 5.74) is 6.67. The minimum absolute atomic E-state index is 0.0330. The zero-order valence-electron chi connectivity index (χ0n) is 12.1. The van der Waals surface area contributed by atoms with Crippen molar-refractivity contribution >= 4 is 17.5 Å². The number of carbonyl (C=O) groups excluding carboxylic acids is 1. The second-order valence-corrected chi connectivity index (χ2v) is 6.16. The van der Waals surface area contributed by atoms with Crippen LogP contribution in [-0.2, 0) is 4.79 Å². The van der Waals surface area contributed by atoms with Gasteiger partial charge in [-0.3, -0.25) is 4.79 Å². The monoisotopic (exact) mass is 282 g/mol. The molecule has 1 atom stereocenters. The SMILES string of the molecule is CC(c1ccc(Cl)cc1)N(C)C(=O)CCC(C)(C)N. The molecular weight excluding hydrogens is 260 g/mol. The van der Waals surface area contributed by atoms with Gasteiger partial charge < -0.3 is 10.6 Å². The van der Waals surface area contributed by atoms with Crippen molar-refractivity contribution in [2.45, 2.75) is 45.2 Å². The van der Waals surface area contributed by atoms with Crippen molar-refractivity contribution in [2.24, 2.45) is 5.73 Å². The van der Waals surface area contributed by atoms with Crippen molar-refractivity contribution in [3.8, 4) is 0 Å². The second kappa shape index (κ2) is 6.40. The highest BCUT2D eigenvalue weighted by Gasteiger charge is 2.20. The van der Waals surface area contributed by atoms with Crippen LogP contribution in [0.1, 0.15) is 45.2 Å². The predicted octanol–water partition coefficient (Wildman–Crippen LogP) is 3.38. The Bertz CT molecular complexity index is 423. The first-order valence-electron chi connectivity index (χ1n) is 6.51. The lowest BCUT2D eigenvalue weighted by Gasteiger charge is -2.27. The van der Waals surface area contributed by atoms with Crippen molar-refractivity contribution in [1.82, 2.24) is 4.90 Å². The van der Waals surface area contributed by atoms with Gasteiger partial charge in [-0.2, -0.15) is 0 Å². The van der Waals surface area contributed by atoms with Crippen LogP contribution in [0.2, 0.25) is 5.02 Å². The van der Waals surface area contributed by atoms with E-state index in [-0.39, 0.29) is 17.5 Å². The van der Waals surface area contributed by atoms with E-state index < -0.39 is 0 Å². The first-order chi connectivity index (χ1) is 8.70. The number of carbonyl (C=O) groups is 1. The molecule has 0 saturated carbocycles. The fourth-order valence-electron chi connectivity index (χ4n) is 1.79. The van der Waals surface area contributed by atoms with Gasteiger partial charge in [0.25, 0.3) is 0 Å². The van der Waals surface area contributed by atoms with Gasteiger partial charge in [-0.15, -0.1) is 0 Å². The zero-order chi connectivity index (χ0) is 14.6. The molecule has 0 spiro atoms. The highest BCUT2D eigenvalue weighted by atomic mass is 35.5. The summed E-state index contributed by atoms with van der Waals surface area (Å²) >= 11 is 5.86. The Morgan fingerprint density at radius 1 is 1.37 bits per heavy atom. The maximum absolute atomic E-state index is 12.1. The Morgan fingerprint density at radius 3 is 2.37 bits per heavy atom. The fourth-order valence-corrected chi connectivity index (χ4v) is 1.91. The van der Waals surface area contributed by atoms with Gasteiger partial charge in [-0.25, -0.2) is 0 Å². The Kier molecular flexibility index (Phi) is 5.39. The van der Waals surface area contributed by atoms with E-state index in [0.717, 1.165) is 5.56 Å². The van der Waals surface area contributed by atoms with Crippen molar-refractivity contribution in [3.05, 3.63) is 34.9 Å². The minimum Gasteiger partial charge on any atom is -0.339 e. The van der Waals surface area contributed by atoms with Crippen molar-refractivity contribution in [3.63, 3.8) is 0 Å². The summed E-state index contributed by atoms with van der Waals surface area (Å²) in [6.45, 7) is 5.88. The molecule has 106 valence electrons. The molecule has 0 fully saturated rings. The largest absolute Gasteiger partial charge is 0.339 e.